The molecule has 1 aromatic rings. The molecule has 0 saturated heterocycles. The van der Waals surface area contributed by atoms with Crippen LogP contribution in [0.4, 0.5) is 0 Å². The molecule has 2 heteroatoms. The van der Waals surface area contributed by atoms with Crippen molar-refractivity contribution in [2.75, 3.05) is 20.1 Å². The molecule has 1 aliphatic carbocycles. The van der Waals surface area contributed by atoms with Gasteiger partial charge in [0.2, 0.25) is 0 Å². The van der Waals surface area contributed by atoms with Crippen LogP contribution in [-0.2, 0) is 6.42 Å². The van der Waals surface area contributed by atoms with E-state index in [1.807, 2.05) is 0 Å². The summed E-state index contributed by atoms with van der Waals surface area (Å²) in [6.07, 6.45) is 6.30. The molecule has 2 nitrogen and oxygen atoms in total. The zero-order chi connectivity index (χ0) is 12.1. The average Bonchev–Trinajstić information content (AvgIpc) is 2.58. The number of aryl methyl sites for hydroxylation is 1. The molecular formula is C15H24N2. The van der Waals surface area contributed by atoms with Crippen molar-refractivity contribution in [1.82, 2.24) is 4.90 Å². The minimum Gasteiger partial charge on any atom is -0.330 e. The fourth-order valence-electron chi connectivity index (χ4n) is 2.85. The first kappa shape index (κ1) is 12.6. The van der Waals surface area contributed by atoms with Crippen molar-refractivity contribution in [2.45, 2.75) is 38.1 Å². The zero-order valence-corrected chi connectivity index (χ0v) is 10.9. The second kappa shape index (κ2) is 6.18. The first-order chi connectivity index (χ1) is 8.33. The normalized spacial score (nSPS) is 20.1. The summed E-state index contributed by atoms with van der Waals surface area (Å²) in [4.78, 5) is 2.48. The van der Waals surface area contributed by atoms with Gasteiger partial charge in [-0.25, -0.2) is 0 Å². The number of rotatable bonds is 4. The van der Waals surface area contributed by atoms with Gasteiger partial charge in [-0.3, -0.25) is 4.90 Å². The van der Waals surface area contributed by atoms with Gasteiger partial charge in [-0.1, -0.05) is 30.7 Å². The van der Waals surface area contributed by atoms with Crippen LogP contribution in [0.2, 0.25) is 0 Å². The SMILES string of the molecule is CN(CCCN)C1CCCCc2ccccc21. The van der Waals surface area contributed by atoms with Gasteiger partial charge in [0.15, 0.2) is 0 Å². The minimum atomic E-state index is 0.597. The Labute approximate surface area is 105 Å². The summed E-state index contributed by atoms with van der Waals surface area (Å²) in [6.45, 7) is 1.90. The van der Waals surface area contributed by atoms with Crippen LogP contribution in [-0.4, -0.2) is 25.0 Å². The molecule has 1 unspecified atom stereocenters. The molecule has 2 rings (SSSR count). The maximum atomic E-state index is 5.61. The van der Waals surface area contributed by atoms with Crippen LogP contribution < -0.4 is 5.73 Å². The summed E-state index contributed by atoms with van der Waals surface area (Å²) in [5.74, 6) is 0. The molecule has 0 fully saturated rings. The fourth-order valence-corrected chi connectivity index (χ4v) is 2.85. The molecule has 1 aromatic carbocycles. The molecule has 0 bridgehead atoms. The van der Waals surface area contributed by atoms with Crippen LogP contribution in [0.5, 0.6) is 0 Å². The molecule has 1 aliphatic rings. The summed E-state index contributed by atoms with van der Waals surface area (Å²) >= 11 is 0. The van der Waals surface area contributed by atoms with Gasteiger partial charge in [0, 0.05) is 6.04 Å². The second-order valence-corrected chi connectivity index (χ2v) is 5.08. The van der Waals surface area contributed by atoms with Gasteiger partial charge in [0.1, 0.15) is 0 Å². The lowest BCUT2D eigenvalue weighted by molar-refractivity contribution is 0.230. The van der Waals surface area contributed by atoms with E-state index in [4.69, 9.17) is 5.73 Å². The number of benzene rings is 1. The largest absolute Gasteiger partial charge is 0.330 e. The van der Waals surface area contributed by atoms with E-state index in [-0.39, 0.29) is 0 Å². The van der Waals surface area contributed by atoms with Gasteiger partial charge >= 0.3 is 0 Å². The highest BCUT2D eigenvalue weighted by atomic mass is 15.1. The summed E-state index contributed by atoms with van der Waals surface area (Å²) in [5.41, 5.74) is 8.70. The summed E-state index contributed by atoms with van der Waals surface area (Å²) < 4.78 is 0. The molecule has 94 valence electrons. The predicted octanol–water partition coefficient (Wildman–Crippen LogP) is 2.73. The number of nitrogens with two attached hydrogens (primary N) is 1. The fraction of sp³-hybridized carbons (Fsp3) is 0.600. The van der Waals surface area contributed by atoms with Crippen molar-refractivity contribution < 1.29 is 0 Å². The Hall–Kier alpha value is -0.860. The number of hydrogen-bond donors (Lipinski definition) is 1. The van der Waals surface area contributed by atoms with Crippen LogP contribution >= 0.6 is 0 Å². The van der Waals surface area contributed by atoms with Gasteiger partial charge in [0.05, 0.1) is 0 Å². The van der Waals surface area contributed by atoms with Crippen LogP contribution in [0.1, 0.15) is 42.9 Å². The molecule has 0 amide bonds. The van der Waals surface area contributed by atoms with Crippen molar-refractivity contribution in [1.29, 1.82) is 0 Å². The molecule has 1 atom stereocenters. The van der Waals surface area contributed by atoms with Crippen LogP contribution in [0.3, 0.4) is 0 Å². The lowest BCUT2D eigenvalue weighted by atomic mass is 9.98. The monoisotopic (exact) mass is 232 g/mol. The van der Waals surface area contributed by atoms with Crippen LogP contribution in [0.15, 0.2) is 24.3 Å². The molecule has 0 aliphatic heterocycles. The van der Waals surface area contributed by atoms with Gasteiger partial charge in [-0.15, -0.1) is 0 Å². The van der Waals surface area contributed by atoms with Crippen LogP contribution in [0.25, 0.3) is 0 Å². The lowest BCUT2D eigenvalue weighted by Gasteiger charge is -2.28. The van der Waals surface area contributed by atoms with Gasteiger partial charge < -0.3 is 5.73 Å². The summed E-state index contributed by atoms with van der Waals surface area (Å²) in [5, 5.41) is 0. The van der Waals surface area contributed by atoms with Crippen molar-refractivity contribution >= 4 is 0 Å². The first-order valence-electron chi connectivity index (χ1n) is 6.81. The Balaban J connectivity index is 2.16. The second-order valence-electron chi connectivity index (χ2n) is 5.08. The van der Waals surface area contributed by atoms with Crippen molar-refractivity contribution in [3.05, 3.63) is 35.4 Å². The third-order valence-electron chi connectivity index (χ3n) is 3.83. The average molecular weight is 232 g/mol. The van der Waals surface area contributed by atoms with E-state index in [1.165, 1.54) is 25.7 Å². The maximum absolute atomic E-state index is 5.61. The lowest BCUT2D eigenvalue weighted by Crippen LogP contribution is -2.27. The standard InChI is InChI=1S/C15H24N2/c1-17(12-6-11-16)15-10-5-3-8-13-7-2-4-9-14(13)15/h2,4,7,9,15H,3,5-6,8,10-12,16H2,1H3. The Morgan fingerprint density at radius 2 is 2.12 bits per heavy atom. The zero-order valence-electron chi connectivity index (χ0n) is 10.9. The van der Waals surface area contributed by atoms with Gasteiger partial charge in [-0.05, 0) is 56.9 Å². The first-order valence-corrected chi connectivity index (χ1v) is 6.81. The Morgan fingerprint density at radius 3 is 2.94 bits per heavy atom. The molecule has 0 heterocycles. The highest BCUT2D eigenvalue weighted by Gasteiger charge is 2.21. The quantitative estimate of drug-likeness (QED) is 0.809. The molecule has 0 spiro atoms. The van der Waals surface area contributed by atoms with E-state index in [1.54, 1.807) is 11.1 Å². The highest BCUT2D eigenvalue weighted by Crippen LogP contribution is 2.32. The summed E-state index contributed by atoms with van der Waals surface area (Å²) in [6, 6.07) is 9.55. The Bertz CT molecular complexity index is 349. The van der Waals surface area contributed by atoms with E-state index in [0.29, 0.717) is 6.04 Å². The van der Waals surface area contributed by atoms with E-state index < -0.39 is 0 Å². The molecule has 17 heavy (non-hydrogen) atoms. The van der Waals surface area contributed by atoms with E-state index >= 15 is 0 Å². The van der Waals surface area contributed by atoms with Crippen molar-refractivity contribution in [3.63, 3.8) is 0 Å². The van der Waals surface area contributed by atoms with E-state index in [9.17, 15) is 0 Å². The number of hydrogen-bond acceptors (Lipinski definition) is 2. The molecular weight excluding hydrogens is 208 g/mol. The Morgan fingerprint density at radius 1 is 1.29 bits per heavy atom. The van der Waals surface area contributed by atoms with E-state index in [2.05, 4.69) is 36.2 Å². The molecule has 0 radical (unpaired) electrons. The topological polar surface area (TPSA) is 29.3 Å². The van der Waals surface area contributed by atoms with E-state index in [0.717, 1.165) is 19.5 Å². The molecule has 0 saturated carbocycles. The summed E-state index contributed by atoms with van der Waals surface area (Å²) in [7, 11) is 2.24. The number of fused-ring (bicyclic) bond motifs is 1. The molecule has 0 aromatic heterocycles. The van der Waals surface area contributed by atoms with Gasteiger partial charge in [0.25, 0.3) is 0 Å². The Kier molecular flexibility index (Phi) is 4.57. The molecule has 2 N–H and O–H groups in total. The smallest absolute Gasteiger partial charge is 0.0347 e. The maximum Gasteiger partial charge on any atom is 0.0347 e. The third-order valence-corrected chi connectivity index (χ3v) is 3.83. The third kappa shape index (κ3) is 3.08. The van der Waals surface area contributed by atoms with Gasteiger partial charge in [-0.2, -0.15) is 0 Å². The highest BCUT2D eigenvalue weighted by molar-refractivity contribution is 5.31. The minimum absolute atomic E-state index is 0.597. The van der Waals surface area contributed by atoms with Crippen molar-refractivity contribution in [3.8, 4) is 0 Å². The number of nitrogens with zero attached hydrogens (tertiary/aromatic N) is 1. The van der Waals surface area contributed by atoms with Crippen LogP contribution in [0, 0.1) is 0 Å². The van der Waals surface area contributed by atoms with Crippen molar-refractivity contribution in [2.24, 2.45) is 5.73 Å². The predicted molar refractivity (Wildman–Crippen MR) is 73.0 cm³/mol.